The molecule has 4 N–H and O–H groups in total. The Balaban J connectivity index is 1.95. The van der Waals surface area contributed by atoms with Gasteiger partial charge in [0, 0.05) is 12.1 Å². The maximum atomic E-state index is 12.9. The minimum Gasteiger partial charge on any atom is -0.370 e. The summed E-state index contributed by atoms with van der Waals surface area (Å²) in [7, 11) is 0. The molecule has 0 aliphatic carbocycles. The van der Waals surface area contributed by atoms with Gasteiger partial charge in [-0.2, -0.15) is 4.99 Å². The predicted octanol–water partition coefficient (Wildman–Crippen LogP) is 1.24. The van der Waals surface area contributed by atoms with Crippen LogP contribution < -0.4 is 11.5 Å². The Bertz CT molecular complexity index is 791. The van der Waals surface area contributed by atoms with Crippen molar-refractivity contribution < 1.29 is 9.59 Å². The molecule has 0 saturated carbocycles. The van der Waals surface area contributed by atoms with Gasteiger partial charge in [-0.3, -0.25) is 9.59 Å². The third-order valence-electron chi connectivity index (χ3n) is 4.06. The van der Waals surface area contributed by atoms with Crippen molar-refractivity contribution in [1.29, 1.82) is 0 Å². The summed E-state index contributed by atoms with van der Waals surface area (Å²) in [4.78, 5) is 30.2. The minimum atomic E-state index is -0.594. The molecule has 1 aliphatic heterocycles. The highest BCUT2D eigenvalue weighted by atomic mass is 16.2. The van der Waals surface area contributed by atoms with Crippen molar-refractivity contribution in [3.05, 3.63) is 48.0 Å². The van der Waals surface area contributed by atoms with E-state index in [1.165, 1.54) is 0 Å². The van der Waals surface area contributed by atoms with Crippen LogP contribution in [-0.2, 0) is 4.79 Å². The molecule has 6 heteroatoms. The third kappa shape index (κ3) is 2.88. The second-order valence-corrected chi connectivity index (χ2v) is 5.56. The lowest BCUT2D eigenvalue weighted by Crippen LogP contribution is -2.41. The lowest BCUT2D eigenvalue weighted by Gasteiger charge is -2.23. The van der Waals surface area contributed by atoms with Crippen LogP contribution in [0.3, 0.4) is 0 Å². The van der Waals surface area contributed by atoms with E-state index in [-0.39, 0.29) is 11.9 Å². The van der Waals surface area contributed by atoms with Crippen molar-refractivity contribution in [2.75, 3.05) is 6.54 Å². The Kier molecular flexibility index (Phi) is 3.97. The average molecular weight is 310 g/mol. The van der Waals surface area contributed by atoms with E-state index in [2.05, 4.69) is 4.99 Å². The molecule has 1 heterocycles. The quantitative estimate of drug-likeness (QED) is 0.643. The number of likely N-dealkylation sites (tertiary alicyclic amines) is 1. The molecule has 118 valence electrons. The average Bonchev–Trinajstić information content (AvgIpc) is 3.02. The number of aliphatic imine (C=N–C) groups is 1. The fraction of sp³-hybridized carbons (Fsp3) is 0.235. The molecule has 1 saturated heterocycles. The molecular formula is C17H18N4O2. The summed E-state index contributed by atoms with van der Waals surface area (Å²) in [6.07, 6.45) is 1.33. The summed E-state index contributed by atoms with van der Waals surface area (Å²) >= 11 is 0. The van der Waals surface area contributed by atoms with E-state index in [1.54, 1.807) is 11.0 Å². The lowest BCUT2D eigenvalue weighted by atomic mass is 10.0. The number of rotatable bonds is 2. The van der Waals surface area contributed by atoms with E-state index in [9.17, 15) is 9.59 Å². The number of hydrogen-bond donors (Lipinski definition) is 2. The summed E-state index contributed by atoms with van der Waals surface area (Å²) in [5, 5.41) is 1.87. The normalized spacial score (nSPS) is 17.2. The molecule has 0 radical (unpaired) electrons. The van der Waals surface area contributed by atoms with Crippen molar-refractivity contribution in [1.82, 2.24) is 4.90 Å². The first-order chi connectivity index (χ1) is 11.1. The summed E-state index contributed by atoms with van der Waals surface area (Å²) in [5.41, 5.74) is 11.1. The maximum Gasteiger partial charge on any atom is 0.271 e. The van der Waals surface area contributed by atoms with Gasteiger partial charge >= 0.3 is 0 Å². The number of guanidine groups is 1. The Hall–Kier alpha value is -2.89. The van der Waals surface area contributed by atoms with E-state index >= 15 is 0 Å². The highest BCUT2D eigenvalue weighted by molar-refractivity contribution is 6.08. The first kappa shape index (κ1) is 15.0. The highest BCUT2D eigenvalue weighted by Crippen LogP contribution is 2.25. The molecule has 2 amide bonds. The zero-order valence-electron chi connectivity index (χ0n) is 12.6. The lowest BCUT2D eigenvalue weighted by molar-refractivity contribution is -0.121. The Morgan fingerprint density at radius 2 is 1.83 bits per heavy atom. The van der Waals surface area contributed by atoms with E-state index in [4.69, 9.17) is 11.5 Å². The van der Waals surface area contributed by atoms with Crippen LogP contribution >= 0.6 is 0 Å². The molecule has 3 rings (SSSR count). The molecule has 0 spiro atoms. The molecule has 0 aromatic heterocycles. The molecule has 2 aromatic carbocycles. The number of nitrogens with zero attached hydrogens (tertiary/aromatic N) is 2. The zero-order valence-corrected chi connectivity index (χ0v) is 12.6. The van der Waals surface area contributed by atoms with Gasteiger partial charge in [-0.1, -0.05) is 36.4 Å². The third-order valence-corrected chi connectivity index (χ3v) is 4.06. The highest BCUT2D eigenvalue weighted by Gasteiger charge is 2.35. The summed E-state index contributed by atoms with van der Waals surface area (Å²) in [6, 6.07) is 12.7. The van der Waals surface area contributed by atoms with Crippen LogP contribution in [-0.4, -0.2) is 35.3 Å². The fourth-order valence-electron chi connectivity index (χ4n) is 3.03. The topological polar surface area (TPSA) is 102 Å². The van der Waals surface area contributed by atoms with Gasteiger partial charge in [-0.25, -0.2) is 0 Å². The van der Waals surface area contributed by atoms with Crippen LogP contribution in [0.15, 0.2) is 47.5 Å². The van der Waals surface area contributed by atoms with Crippen molar-refractivity contribution in [2.24, 2.45) is 16.5 Å². The number of fused-ring (bicyclic) bond motifs is 1. The molecule has 1 unspecified atom stereocenters. The molecule has 23 heavy (non-hydrogen) atoms. The molecular weight excluding hydrogens is 292 g/mol. The van der Waals surface area contributed by atoms with Gasteiger partial charge in [-0.05, 0) is 29.7 Å². The largest absolute Gasteiger partial charge is 0.370 e. The van der Waals surface area contributed by atoms with Crippen LogP contribution in [0.2, 0.25) is 0 Å². The molecule has 1 fully saturated rings. The van der Waals surface area contributed by atoms with Gasteiger partial charge in [-0.15, -0.1) is 0 Å². The number of hydrogen-bond acceptors (Lipinski definition) is 2. The maximum absolute atomic E-state index is 12.9. The first-order valence-electron chi connectivity index (χ1n) is 7.50. The predicted molar refractivity (Wildman–Crippen MR) is 88.8 cm³/mol. The second-order valence-electron chi connectivity index (χ2n) is 5.56. The molecule has 1 atom stereocenters. The van der Waals surface area contributed by atoms with Gasteiger partial charge in [0.25, 0.3) is 11.8 Å². The first-order valence-corrected chi connectivity index (χ1v) is 7.50. The number of nitrogens with two attached hydrogens (primary N) is 2. The Morgan fingerprint density at radius 3 is 2.61 bits per heavy atom. The van der Waals surface area contributed by atoms with Crippen molar-refractivity contribution in [3.63, 3.8) is 0 Å². The number of carbonyl (C=O) groups excluding carboxylic acids is 2. The zero-order chi connectivity index (χ0) is 16.4. The van der Waals surface area contributed by atoms with Gasteiger partial charge < -0.3 is 16.4 Å². The van der Waals surface area contributed by atoms with Crippen molar-refractivity contribution >= 4 is 28.5 Å². The van der Waals surface area contributed by atoms with Gasteiger partial charge in [0.2, 0.25) is 0 Å². The van der Waals surface area contributed by atoms with E-state index in [1.807, 2.05) is 36.4 Å². The van der Waals surface area contributed by atoms with Crippen LogP contribution in [0, 0.1) is 0 Å². The smallest absolute Gasteiger partial charge is 0.271 e. The summed E-state index contributed by atoms with van der Waals surface area (Å²) < 4.78 is 0. The van der Waals surface area contributed by atoms with E-state index < -0.39 is 11.9 Å². The standard InChI is InChI=1S/C17H18N4O2/c18-17(19)20-15(22)14-9-4-10-21(14)16(23)13-8-3-6-11-5-1-2-7-12(11)13/h1-3,5-8,14H,4,9-10H2,(H4,18,19,20,22). The monoisotopic (exact) mass is 310 g/mol. The van der Waals surface area contributed by atoms with Crippen molar-refractivity contribution in [2.45, 2.75) is 18.9 Å². The summed E-state index contributed by atoms with van der Waals surface area (Å²) in [5.74, 6) is -0.904. The number of benzene rings is 2. The van der Waals surface area contributed by atoms with Crippen molar-refractivity contribution in [3.8, 4) is 0 Å². The fourth-order valence-corrected chi connectivity index (χ4v) is 3.03. The summed E-state index contributed by atoms with van der Waals surface area (Å²) in [6.45, 7) is 0.526. The van der Waals surface area contributed by atoms with Crippen LogP contribution in [0.25, 0.3) is 10.8 Å². The van der Waals surface area contributed by atoms with E-state index in [0.717, 1.165) is 17.2 Å². The molecule has 2 aromatic rings. The Labute approximate surface area is 133 Å². The number of amides is 2. The number of carbonyl (C=O) groups is 2. The molecule has 0 bridgehead atoms. The van der Waals surface area contributed by atoms with Gasteiger partial charge in [0.15, 0.2) is 5.96 Å². The molecule has 1 aliphatic rings. The second kappa shape index (κ2) is 6.08. The van der Waals surface area contributed by atoms with E-state index in [0.29, 0.717) is 18.5 Å². The SMILES string of the molecule is NC(N)=NC(=O)C1CCCN1C(=O)c1cccc2ccccc12. The van der Waals surface area contributed by atoms with Crippen LogP contribution in [0.5, 0.6) is 0 Å². The minimum absolute atomic E-state index is 0.163. The molecule has 6 nitrogen and oxygen atoms in total. The Morgan fingerprint density at radius 1 is 1.09 bits per heavy atom. The van der Waals surface area contributed by atoms with Crippen LogP contribution in [0.1, 0.15) is 23.2 Å². The van der Waals surface area contributed by atoms with Gasteiger partial charge in [0.1, 0.15) is 6.04 Å². The van der Waals surface area contributed by atoms with Crippen LogP contribution in [0.4, 0.5) is 0 Å². The van der Waals surface area contributed by atoms with Gasteiger partial charge in [0.05, 0.1) is 0 Å².